The number of aromatic nitrogens is 2. The van der Waals surface area contributed by atoms with E-state index in [1.165, 1.54) is 23.9 Å². The Labute approximate surface area is 142 Å². The van der Waals surface area contributed by atoms with Gasteiger partial charge in [-0.25, -0.2) is 4.68 Å². The molecular weight excluding hydrogens is 302 g/mol. The lowest BCUT2D eigenvalue weighted by atomic mass is 9.97. The molecule has 0 spiro atoms. The van der Waals surface area contributed by atoms with Gasteiger partial charge >= 0.3 is 0 Å². The molecule has 24 heavy (non-hydrogen) atoms. The predicted molar refractivity (Wildman–Crippen MR) is 95.0 cm³/mol. The Hall–Kier alpha value is -2.17. The summed E-state index contributed by atoms with van der Waals surface area (Å²) in [5, 5.41) is 8.86. The van der Waals surface area contributed by atoms with E-state index in [-0.39, 0.29) is 24.1 Å². The van der Waals surface area contributed by atoms with E-state index < -0.39 is 0 Å². The van der Waals surface area contributed by atoms with Crippen LogP contribution in [0, 0.1) is 6.92 Å². The molecule has 3 rings (SSSR count). The second-order valence-electron chi connectivity index (χ2n) is 6.70. The Morgan fingerprint density at radius 2 is 1.75 bits per heavy atom. The van der Waals surface area contributed by atoms with Crippen molar-refractivity contribution in [1.29, 1.82) is 0 Å². The number of amides is 1. The van der Waals surface area contributed by atoms with Crippen LogP contribution in [0.4, 0.5) is 0 Å². The van der Waals surface area contributed by atoms with Gasteiger partial charge in [0.15, 0.2) is 0 Å². The zero-order valence-corrected chi connectivity index (χ0v) is 14.3. The van der Waals surface area contributed by atoms with Crippen LogP contribution in [0.5, 0.6) is 0 Å². The highest BCUT2D eigenvalue weighted by atomic mass is 16.2. The first kappa shape index (κ1) is 16.7. The van der Waals surface area contributed by atoms with Crippen molar-refractivity contribution >= 4 is 16.7 Å². The summed E-state index contributed by atoms with van der Waals surface area (Å²) >= 11 is 0. The van der Waals surface area contributed by atoms with Gasteiger partial charge in [-0.15, -0.1) is 0 Å². The SMILES string of the molecule is Cc1nn(CC(=O)NC2CCCCCCC2)c(=O)c2ccccc12. The van der Waals surface area contributed by atoms with Crippen molar-refractivity contribution in [3.05, 3.63) is 40.3 Å². The number of carbonyl (C=O) groups is 1. The summed E-state index contributed by atoms with van der Waals surface area (Å²) in [4.78, 5) is 24.9. The standard InChI is InChI=1S/C19H25N3O2/c1-14-16-11-7-8-12-17(16)19(24)22(21-14)13-18(23)20-15-9-5-3-2-4-6-10-15/h7-8,11-12,15H,2-6,9-10,13H2,1H3,(H,20,23). The lowest BCUT2D eigenvalue weighted by molar-refractivity contribution is -0.122. The summed E-state index contributed by atoms with van der Waals surface area (Å²) in [6.07, 6.45) is 8.19. The zero-order chi connectivity index (χ0) is 16.9. The highest BCUT2D eigenvalue weighted by molar-refractivity contribution is 5.83. The normalized spacial score (nSPS) is 16.5. The molecule has 1 aliphatic carbocycles. The van der Waals surface area contributed by atoms with Crippen LogP contribution in [0.3, 0.4) is 0 Å². The molecule has 1 heterocycles. The van der Waals surface area contributed by atoms with Crippen LogP contribution in [-0.2, 0) is 11.3 Å². The third kappa shape index (κ3) is 3.83. The molecule has 0 atom stereocenters. The molecule has 1 amide bonds. The maximum absolute atomic E-state index is 12.5. The Kier molecular flexibility index (Phi) is 5.28. The number of hydrogen-bond donors (Lipinski definition) is 1. The topological polar surface area (TPSA) is 64.0 Å². The van der Waals surface area contributed by atoms with E-state index in [1.807, 2.05) is 25.1 Å². The molecular formula is C19H25N3O2. The van der Waals surface area contributed by atoms with Gasteiger partial charge in [-0.2, -0.15) is 5.10 Å². The maximum atomic E-state index is 12.5. The molecule has 0 aliphatic heterocycles. The third-order valence-corrected chi connectivity index (χ3v) is 4.82. The maximum Gasteiger partial charge on any atom is 0.275 e. The van der Waals surface area contributed by atoms with E-state index in [4.69, 9.17) is 0 Å². The highest BCUT2D eigenvalue weighted by Crippen LogP contribution is 2.17. The van der Waals surface area contributed by atoms with Crippen molar-refractivity contribution in [2.45, 2.75) is 64.5 Å². The van der Waals surface area contributed by atoms with E-state index in [1.54, 1.807) is 6.07 Å². The highest BCUT2D eigenvalue weighted by Gasteiger charge is 2.16. The Morgan fingerprint density at radius 3 is 2.46 bits per heavy atom. The number of aryl methyl sites for hydroxylation is 1. The molecule has 128 valence electrons. The first-order valence-electron chi connectivity index (χ1n) is 8.91. The fraction of sp³-hybridized carbons (Fsp3) is 0.526. The molecule has 5 heteroatoms. The van der Waals surface area contributed by atoms with Crippen LogP contribution < -0.4 is 10.9 Å². The fourth-order valence-electron chi connectivity index (χ4n) is 3.52. The van der Waals surface area contributed by atoms with Gasteiger partial charge in [0.1, 0.15) is 6.54 Å². The molecule has 1 aromatic heterocycles. The number of benzene rings is 1. The molecule has 1 fully saturated rings. The molecule has 0 saturated heterocycles. The molecule has 1 aromatic carbocycles. The average Bonchev–Trinajstić information content (AvgIpc) is 2.55. The minimum absolute atomic E-state index is 0.0129. The first-order valence-corrected chi connectivity index (χ1v) is 8.91. The first-order chi connectivity index (χ1) is 11.6. The van der Waals surface area contributed by atoms with Gasteiger partial charge in [0, 0.05) is 11.4 Å². The number of carbonyl (C=O) groups excluding carboxylic acids is 1. The summed E-state index contributed by atoms with van der Waals surface area (Å²) in [6, 6.07) is 7.63. The molecule has 0 radical (unpaired) electrons. The lowest BCUT2D eigenvalue weighted by Gasteiger charge is -2.21. The van der Waals surface area contributed by atoms with Crippen molar-refractivity contribution in [2.24, 2.45) is 0 Å². The van der Waals surface area contributed by atoms with Crippen molar-refractivity contribution in [3.63, 3.8) is 0 Å². The number of nitrogens with zero attached hydrogens (tertiary/aromatic N) is 2. The van der Waals surface area contributed by atoms with Crippen molar-refractivity contribution < 1.29 is 4.79 Å². The lowest BCUT2D eigenvalue weighted by Crippen LogP contribution is -2.40. The molecule has 1 aliphatic rings. The largest absolute Gasteiger partial charge is 0.352 e. The fourth-order valence-corrected chi connectivity index (χ4v) is 3.52. The zero-order valence-electron chi connectivity index (χ0n) is 14.3. The van der Waals surface area contributed by atoms with Crippen molar-refractivity contribution in [3.8, 4) is 0 Å². The van der Waals surface area contributed by atoms with Gasteiger partial charge in [0.05, 0.1) is 11.1 Å². The Morgan fingerprint density at radius 1 is 1.12 bits per heavy atom. The van der Waals surface area contributed by atoms with Gasteiger partial charge in [-0.05, 0) is 25.8 Å². The minimum atomic E-state index is -0.205. The number of hydrogen-bond acceptors (Lipinski definition) is 3. The third-order valence-electron chi connectivity index (χ3n) is 4.82. The Bertz CT molecular complexity index is 774. The van der Waals surface area contributed by atoms with Gasteiger partial charge < -0.3 is 5.32 Å². The number of fused-ring (bicyclic) bond motifs is 1. The van der Waals surface area contributed by atoms with E-state index in [9.17, 15) is 9.59 Å². The summed E-state index contributed by atoms with van der Waals surface area (Å²) in [6.45, 7) is 1.85. The van der Waals surface area contributed by atoms with Crippen LogP contribution in [0.15, 0.2) is 29.1 Å². The van der Waals surface area contributed by atoms with E-state index in [0.717, 1.165) is 36.8 Å². The van der Waals surface area contributed by atoms with Crippen molar-refractivity contribution in [2.75, 3.05) is 0 Å². The second-order valence-corrected chi connectivity index (χ2v) is 6.70. The molecule has 0 unspecified atom stereocenters. The predicted octanol–water partition coefficient (Wildman–Crippen LogP) is 2.93. The summed E-state index contributed by atoms with van der Waals surface area (Å²) in [5.41, 5.74) is 0.563. The monoisotopic (exact) mass is 327 g/mol. The number of rotatable bonds is 3. The van der Waals surface area contributed by atoms with Gasteiger partial charge in [-0.3, -0.25) is 9.59 Å². The van der Waals surface area contributed by atoms with Crippen molar-refractivity contribution in [1.82, 2.24) is 15.1 Å². The van der Waals surface area contributed by atoms with E-state index >= 15 is 0 Å². The smallest absolute Gasteiger partial charge is 0.275 e. The minimum Gasteiger partial charge on any atom is -0.352 e. The second kappa shape index (κ2) is 7.60. The van der Waals surface area contributed by atoms with Crippen LogP contribution in [-0.4, -0.2) is 21.7 Å². The molecule has 0 bridgehead atoms. The molecule has 1 N–H and O–H groups in total. The van der Waals surface area contributed by atoms with Crippen LogP contribution in [0.1, 0.15) is 50.6 Å². The van der Waals surface area contributed by atoms with Crippen LogP contribution >= 0.6 is 0 Å². The summed E-state index contributed by atoms with van der Waals surface area (Å²) in [5.74, 6) is -0.121. The van der Waals surface area contributed by atoms with Crippen LogP contribution in [0.25, 0.3) is 10.8 Å². The molecule has 5 nitrogen and oxygen atoms in total. The Balaban J connectivity index is 1.73. The quantitative estimate of drug-likeness (QED) is 0.943. The number of nitrogens with one attached hydrogen (secondary N) is 1. The average molecular weight is 327 g/mol. The summed E-state index contributed by atoms with van der Waals surface area (Å²) < 4.78 is 1.29. The van der Waals surface area contributed by atoms with Gasteiger partial charge in [-0.1, -0.05) is 50.3 Å². The summed E-state index contributed by atoms with van der Waals surface area (Å²) in [7, 11) is 0. The molecule has 1 saturated carbocycles. The van der Waals surface area contributed by atoms with Crippen LogP contribution in [0.2, 0.25) is 0 Å². The molecule has 2 aromatic rings. The van der Waals surface area contributed by atoms with Gasteiger partial charge in [0.2, 0.25) is 5.91 Å². The van der Waals surface area contributed by atoms with E-state index in [2.05, 4.69) is 10.4 Å². The van der Waals surface area contributed by atoms with E-state index in [0.29, 0.717) is 5.39 Å². The van der Waals surface area contributed by atoms with Gasteiger partial charge in [0.25, 0.3) is 5.56 Å².